The highest BCUT2D eigenvalue weighted by Crippen LogP contribution is 2.32. The predicted octanol–water partition coefficient (Wildman–Crippen LogP) is 5.40. The van der Waals surface area contributed by atoms with Gasteiger partial charge in [0.25, 0.3) is 0 Å². The number of benzene rings is 2. The maximum atomic E-state index is 13.1. The molecule has 1 aliphatic carbocycles. The Morgan fingerprint density at radius 1 is 0.941 bits per heavy atom. The highest BCUT2D eigenvalue weighted by atomic mass is 16.6. The van der Waals surface area contributed by atoms with E-state index in [1.807, 2.05) is 79.1 Å². The Balaban J connectivity index is 1.39. The van der Waals surface area contributed by atoms with Crippen molar-refractivity contribution in [1.29, 1.82) is 0 Å². The van der Waals surface area contributed by atoms with E-state index in [0.717, 1.165) is 55.7 Å². The number of hydrogen-bond donors (Lipinski definition) is 0. The van der Waals surface area contributed by atoms with Gasteiger partial charge in [0.05, 0.1) is 6.54 Å². The van der Waals surface area contributed by atoms with Gasteiger partial charge in [-0.05, 0) is 77.1 Å². The van der Waals surface area contributed by atoms with Crippen LogP contribution in [0.3, 0.4) is 0 Å². The van der Waals surface area contributed by atoms with Gasteiger partial charge in [0, 0.05) is 36.5 Å². The van der Waals surface area contributed by atoms with Crippen molar-refractivity contribution >= 4 is 23.4 Å². The maximum absolute atomic E-state index is 13.1. The van der Waals surface area contributed by atoms with Crippen LogP contribution in [0.4, 0.5) is 16.2 Å². The van der Waals surface area contributed by atoms with E-state index in [9.17, 15) is 9.59 Å². The van der Waals surface area contributed by atoms with E-state index in [-0.39, 0.29) is 18.0 Å². The van der Waals surface area contributed by atoms with Crippen molar-refractivity contribution in [1.82, 2.24) is 4.90 Å². The third-order valence-corrected chi connectivity index (χ3v) is 6.83. The molecule has 34 heavy (non-hydrogen) atoms. The van der Waals surface area contributed by atoms with Crippen LogP contribution in [0.5, 0.6) is 0 Å². The Morgan fingerprint density at radius 2 is 1.59 bits per heavy atom. The summed E-state index contributed by atoms with van der Waals surface area (Å²) in [5.41, 5.74) is 2.49. The lowest BCUT2D eigenvalue weighted by molar-refractivity contribution is -0.122. The molecule has 6 heteroatoms. The van der Waals surface area contributed by atoms with Gasteiger partial charge < -0.3 is 9.64 Å². The zero-order valence-electron chi connectivity index (χ0n) is 20.9. The molecule has 182 valence electrons. The van der Waals surface area contributed by atoms with Crippen LogP contribution in [0.15, 0.2) is 54.6 Å². The van der Waals surface area contributed by atoms with Gasteiger partial charge in [-0.1, -0.05) is 36.4 Å². The number of carbonyl (C=O) groups excluding carboxylic acids is 2. The van der Waals surface area contributed by atoms with Crippen molar-refractivity contribution in [2.75, 3.05) is 29.4 Å². The SMILES string of the molecule is Cc1ccccc1N1CCN(C2CCC(N(C(=O)OC(C)(C)C)c3ccccc3)CC2)CC1=O. The van der Waals surface area contributed by atoms with Crippen molar-refractivity contribution in [2.45, 2.75) is 71.1 Å². The number of hydrogen-bond acceptors (Lipinski definition) is 4. The third-order valence-electron chi connectivity index (χ3n) is 6.83. The summed E-state index contributed by atoms with van der Waals surface area (Å²) in [7, 11) is 0. The number of piperazine rings is 1. The molecule has 0 spiro atoms. The summed E-state index contributed by atoms with van der Waals surface area (Å²) in [5, 5.41) is 0. The molecule has 0 aromatic heterocycles. The van der Waals surface area contributed by atoms with E-state index in [2.05, 4.69) is 17.9 Å². The average molecular weight is 464 g/mol. The first kappa shape index (κ1) is 24.3. The van der Waals surface area contributed by atoms with Crippen molar-refractivity contribution in [3.8, 4) is 0 Å². The van der Waals surface area contributed by atoms with Gasteiger partial charge in [0.1, 0.15) is 5.60 Å². The van der Waals surface area contributed by atoms with Crippen LogP contribution in [-0.2, 0) is 9.53 Å². The number of rotatable bonds is 4. The van der Waals surface area contributed by atoms with E-state index in [1.165, 1.54) is 0 Å². The highest BCUT2D eigenvalue weighted by Gasteiger charge is 2.36. The zero-order valence-corrected chi connectivity index (χ0v) is 20.9. The number of nitrogens with zero attached hydrogens (tertiary/aromatic N) is 3. The first-order chi connectivity index (χ1) is 16.2. The normalized spacial score (nSPS) is 21.9. The molecule has 1 aliphatic heterocycles. The van der Waals surface area contributed by atoms with Gasteiger partial charge in [-0.3, -0.25) is 14.6 Å². The fourth-order valence-electron chi connectivity index (χ4n) is 5.17. The molecule has 2 amide bonds. The van der Waals surface area contributed by atoms with Crippen LogP contribution < -0.4 is 9.80 Å². The summed E-state index contributed by atoms with van der Waals surface area (Å²) < 4.78 is 5.75. The molecule has 2 aliphatic rings. The third kappa shape index (κ3) is 5.61. The summed E-state index contributed by atoms with van der Waals surface area (Å²) >= 11 is 0. The van der Waals surface area contributed by atoms with Crippen LogP contribution >= 0.6 is 0 Å². The summed E-state index contributed by atoms with van der Waals surface area (Å²) in [5.74, 6) is 0.169. The smallest absolute Gasteiger partial charge is 0.415 e. The predicted molar refractivity (Wildman–Crippen MR) is 136 cm³/mol. The lowest BCUT2D eigenvalue weighted by Crippen LogP contribution is -2.55. The number of amides is 2. The summed E-state index contributed by atoms with van der Waals surface area (Å²) in [6, 6.07) is 18.4. The molecule has 0 unspecified atom stereocenters. The minimum Gasteiger partial charge on any atom is -0.443 e. The van der Waals surface area contributed by atoms with E-state index in [4.69, 9.17) is 4.74 Å². The Kier molecular flexibility index (Phi) is 7.27. The number of aryl methyl sites for hydroxylation is 1. The molecule has 1 saturated heterocycles. The van der Waals surface area contributed by atoms with E-state index >= 15 is 0 Å². The summed E-state index contributed by atoms with van der Waals surface area (Å²) in [6.07, 6.45) is 3.43. The minimum atomic E-state index is -0.543. The molecule has 0 atom stereocenters. The number of anilines is 2. The molecule has 2 fully saturated rings. The van der Waals surface area contributed by atoms with Crippen molar-refractivity contribution in [3.63, 3.8) is 0 Å². The lowest BCUT2D eigenvalue weighted by atomic mass is 9.88. The molecule has 1 saturated carbocycles. The van der Waals surface area contributed by atoms with Gasteiger partial charge in [-0.15, -0.1) is 0 Å². The quantitative estimate of drug-likeness (QED) is 0.610. The van der Waals surface area contributed by atoms with Gasteiger partial charge in [0.15, 0.2) is 0 Å². The summed E-state index contributed by atoms with van der Waals surface area (Å²) in [6.45, 7) is 9.81. The molecule has 0 N–H and O–H groups in total. The molecule has 6 nitrogen and oxygen atoms in total. The van der Waals surface area contributed by atoms with Crippen LogP contribution in [0, 0.1) is 6.92 Å². The second-order valence-electron chi connectivity index (χ2n) is 10.5. The van der Waals surface area contributed by atoms with Crippen molar-refractivity contribution < 1.29 is 14.3 Å². The molecule has 2 aromatic carbocycles. The van der Waals surface area contributed by atoms with Gasteiger partial charge in [-0.2, -0.15) is 0 Å². The molecule has 0 radical (unpaired) electrons. The fraction of sp³-hybridized carbons (Fsp3) is 0.500. The molecule has 2 aromatic rings. The van der Waals surface area contributed by atoms with Crippen LogP contribution in [0.25, 0.3) is 0 Å². The highest BCUT2D eigenvalue weighted by molar-refractivity contribution is 5.96. The Bertz CT molecular complexity index is 993. The summed E-state index contributed by atoms with van der Waals surface area (Å²) in [4.78, 5) is 32.2. The molecular formula is C28H37N3O3. The maximum Gasteiger partial charge on any atom is 0.415 e. The largest absolute Gasteiger partial charge is 0.443 e. The molecule has 0 bridgehead atoms. The monoisotopic (exact) mass is 463 g/mol. The molecular weight excluding hydrogens is 426 g/mol. The first-order valence-electron chi connectivity index (χ1n) is 12.4. The Labute approximate surface area is 203 Å². The van der Waals surface area contributed by atoms with Crippen molar-refractivity contribution in [2.24, 2.45) is 0 Å². The Morgan fingerprint density at radius 3 is 2.21 bits per heavy atom. The molecule has 4 rings (SSSR count). The van der Waals surface area contributed by atoms with Crippen LogP contribution in [-0.4, -0.2) is 54.2 Å². The number of para-hydroxylation sites is 2. The zero-order chi connectivity index (χ0) is 24.3. The number of ether oxygens (including phenoxy) is 1. The lowest BCUT2D eigenvalue weighted by Gasteiger charge is -2.43. The van der Waals surface area contributed by atoms with Gasteiger partial charge >= 0.3 is 6.09 Å². The van der Waals surface area contributed by atoms with E-state index < -0.39 is 5.60 Å². The van der Waals surface area contributed by atoms with E-state index in [0.29, 0.717) is 12.6 Å². The van der Waals surface area contributed by atoms with E-state index in [1.54, 1.807) is 0 Å². The van der Waals surface area contributed by atoms with Gasteiger partial charge in [-0.25, -0.2) is 4.79 Å². The fourth-order valence-corrected chi connectivity index (χ4v) is 5.17. The second kappa shape index (κ2) is 10.2. The van der Waals surface area contributed by atoms with Crippen LogP contribution in [0.1, 0.15) is 52.0 Å². The van der Waals surface area contributed by atoms with Crippen LogP contribution in [0.2, 0.25) is 0 Å². The second-order valence-corrected chi connectivity index (χ2v) is 10.5. The van der Waals surface area contributed by atoms with Crippen molar-refractivity contribution in [3.05, 3.63) is 60.2 Å². The number of carbonyl (C=O) groups is 2. The first-order valence-corrected chi connectivity index (χ1v) is 12.4. The molecule has 1 heterocycles. The van der Waals surface area contributed by atoms with Gasteiger partial charge in [0.2, 0.25) is 5.91 Å². The average Bonchev–Trinajstić information content (AvgIpc) is 2.80. The topological polar surface area (TPSA) is 53.1 Å². The minimum absolute atomic E-state index is 0.0949. The Hall–Kier alpha value is -2.86. The standard InChI is InChI=1S/C28H37N3O3/c1-21-10-8-9-13-25(21)30-19-18-29(20-26(30)32)22-14-16-24(17-15-22)31(23-11-6-5-7-12-23)27(33)34-28(2,3)4/h5-13,22,24H,14-20H2,1-4H3.